The Morgan fingerprint density at radius 1 is 1.31 bits per heavy atom. The van der Waals surface area contributed by atoms with E-state index in [-0.39, 0.29) is 6.73 Å². The van der Waals surface area contributed by atoms with E-state index in [9.17, 15) is 9.90 Å². The summed E-state index contributed by atoms with van der Waals surface area (Å²) in [4.78, 5) is 12.1. The molecule has 26 heavy (non-hydrogen) atoms. The van der Waals surface area contributed by atoms with Crippen LogP contribution in [0, 0.1) is 0 Å². The number of rotatable bonds is 8. The Morgan fingerprint density at radius 3 is 2.54 bits per heavy atom. The van der Waals surface area contributed by atoms with Crippen LogP contribution in [0.1, 0.15) is 29.1 Å². The van der Waals surface area contributed by atoms with Crippen molar-refractivity contribution >= 4 is 24.9 Å². The number of aromatic nitrogens is 2. The van der Waals surface area contributed by atoms with Gasteiger partial charge >= 0.3 is 5.97 Å². The first-order valence-electron chi connectivity index (χ1n) is 8.61. The Labute approximate surface area is 154 Å². The maximum atomic E-state index is 12.1. The van der Waals surface area contributed by atoms with Gasteiger partial charge in [-0.05, 0) is 25.1 Å². The molecule has 1 aromatic carbocycles. The number of hydrogen-bond acceptors (Lipinski definition) is 6. The van der Waals surface area contributed by atoms with Gasteiger partial charge in [0, 0.05) is 14.7 Å². The number of benzene rings is 1. The molecule has 8 heteroatoms. The summed E-state index contributed by atoms with van der Waals surface area (Å²) in [5, 5.41) is 15.4. The third kappa shape index (κ3) is 4.43. The molecule has 0 fully saturated rings. The fourth-order valence-electron chi connectivity index (χ4n) is 2.72. The zero-order valence-corrected chi connectivity index (χ0v) is 17.3. The predicted octanol–water partition coefficient (Wildman–Crippen LogP) is 3.20. The molecule has 144 valence electrons. The molecule has 0 saturated carbocycles. The van der Waals surface area contributed by atoms with Crippen LogP contribution in [0.3, 0.4) is 0 Å². The molecule has 2 aromatic rings. The van der Waals surface area contributed by atoms with E-state index in [2.05, 4.69) is 24.7 Å². The topological polar surface area (TPSA) is 82.8 Å². The van der Waals surface area contributed by atoms with Crippen LogP contribution in [0.15, 0.2) is 12.1 Å². The predicted molar refractivity (Wildman–Crippen MR) is 102 cm³/mol. The first-order chi connectivity index (χ1) is 12.2. The van der Waals surface area contributed by atoms with Gasteiger partial charge in [0.1, 0.15) is 18.0 Å². The zero-order valence-electron chi connectivity index (χ0n) is 16.3. The summed E-state index contributed by atoms with van der Waals surface area (Å²) in [5.74, 6) is 0.0519. The lowest BCUT2D eigenvalue weighted by Crippen LogP contribution is -2.22. The monoisotopic (exact) mass is 380 g/mol. The van der Waals surface area contributed by atoms with E-state index in [0.717, 1.165) is 6.04 Å². The summed E-state index contributed by atoms with van der Waals surface area (Å²) in [6.45, 7) is 9.34. The van der Waals surface area contributed by atoms with Crippen molar-refractivity contribution in [2.75, 3.05) is 20.8 Å². The van der Waals surface area contributed by atoms with Gasteiger partial charge in [0.25, 0.3) is 0 Å². The Kier molecular flexibility index (Phi) is 6.43. The SMILES string of the molecule is COC(=O)c1ccc(OC)c2c(C(C)O)n(COCC[Si](C)(C)C)nc12. The lowest BCUT2D eigenvalue weighted by atomic mass is 10.1. The third-order valence-electron chi connectivity index (χ3n) is 4.13. The molecule has 1 atom stereocenters. The highest BCUT2D eigenvalue weighted by Crippen LogP contribution is 2.34. The first kappa shape index (κ1) is 20.4. The number of esters is 1. The van der Waals surface area contributed by atoms with Crippen LogP contribution in [0.4, 0.5) is 0 Å². The lowest BCUT2D eigenvalue weighted by molar-refractivity contribution is 0.0601. The van der Waals surface area contributed by atoms with Gasteiger partial charge in [-0.15, -0.1) is 0 Å². The lowest BCUT2D eigenvalue weighted by Gasteiger charge is -2.16. The zero-order chi connectivity index (χ0) is 19.5. The molecule has 0 aliphatic carbocycles. The fraction of sp³-hybridized carbons (Fsp3) is 0.556. The molecule has 1 aromatic heterocycles. The molecule has 0 saturated heterocycles. The smallest absolute Gasteiger partial charge is 0.340 e. The molecule has 0 aliphatic rings. The van der Waals surface area contributed by atoms with Crippen LogP contribution in [0.25, 0.3) is 10.9 Å². The van der Waals surface area contributed by atoms with E-state index >= 15 is 0 Å². The van der Waals surface area contributed by atoms with Gasteiger partial charge < -0.3 is 19.3 Å². The number of methoxy groups -OCH3 is 2. The van der Waals surface area contributed by atoms with Crippen LogP contribution in [0.5, 0.6) is 5.75 Å². The summed E-state index contributed by atoms with van der Waals surface area (Å²) in [7, 11) is 1.67. The maximum Gasteiger partial charge on any atom is 0.340 e. The van der Waals surface area contributed by atoms with E-state index in [1.807, 2.05) is 0 Å². The molecule has 0 amide bonds. The van der Waals surface area contributed by atoms with Crippen LogP contribution in [-0.2, 0) is 16.2 Å². The van der Waals surface area contributed by atoms with Crippen molar-refractivity contribution in [1.82, 2.24) is 9.78 Å². The van der Waals surface area contributed by atoms with Gasteiger partial charge in [-0.25, -0.2) is 9.48 Å². The molecule has 2 rings (SSSR count). The van der Waals surface area contributed by atoms with Crippen LogP contribution >= 0.6 is 0 Å². The van der Waals surface area contributed by atoms with E-state index < -0.39 is 20.1 Å². The quantitative estimate of drug-likeness (QED) is 0.430. The van der Waals surface area contributed by atoms with Gasteiger partial charge in [0.15, 0.2) is 0 Å². The highest BCUT2D eigenvalue weighted by molar-refractivity contribution is 6.76. The molecule has 0 aliphatic heterocycles. The van der Waals surface area contributed by atoms with Gasteiger partial charge in [-0.2, -0.15) is 5.10 Å². The maximum absolute atomic E-state index is 12.1. The van der Waals surface area contributed by atoms with Gasteiger partial charge in [0.2, 0.25) is 0 Å². The molecule has 1 N–H and O–H groups in total. The second-order valence-electron chi connectivity index (χ2n) is 7.44. The van der Waals surface area contributed by atoms with Crippen molar-refractivity contribution in [3.05, 3.63) is 23.4 Å². The number of hydrogen-bond donors (Lipinski definition) is 1. The van der Waals surface area contributed by atoms with Crippen LogP contribution in [-0.4, -0.2) is 49.8 Å². The van der Waals surface area contributed by atoms with Crippen molar-refractivity contribution < 1.29 is 24.1 Å². The summed E-state index contributed by atoms with van der Waals surface area (Å²) in [5.41, 5.74) is 1.31. The number of aliphatic hydroxyl groups is 1. The van der Waals surface area contributed by atoms with Crippen molar-refractivity contribution in [1.29, 1.82) is 0 Å². The Hall–Kier alpha value is -1.90. The summed E-state index contributed by atoms with van der Waals surface area (Å²) in [6, 6.07) is 4.33. The highest BCUT2D eigenvalue weighted by Gasteiger charge is 2.24. The van der Waals surface area contributed by atoms with E-state index in [4.69, 9.17) is 14.2 Å². The number of nitrogens with zero attached hydrogens (tertiary/aromatic N) is 2. The number of fused-ring (bicyclic) bond motifs is 1. The molecule has 7 nitrogen and oxygen atoms in total. The minimum absolute atomic E-state index is 0.198. The number of carbonyl (C=O) groups is 1. The average Bonchev–Trinajstić information content (AvgIpc) is 2.95. The molecule has 0 bridgehead atoms. The number of carbonyl (C=O) groups excluding carboxylic acids is 1. The molecule has 0 spiro atoms. The molecular formula is C18H28N2O5Si. The molecular weight excluding hydrogens is 352 g/mol. The van der Waals surface area contributed by atoms with Crippen molar-refractivity contribution in [2.45, 2.75) is 45.4 Å². The minimum atomic E-state index is -1.19. The first-order valence-corrected chi connectivity index (χ1v) is 12.3. The molecule has 0 radical (unpaired) electrons. The van der Waals surface area contributed by atoms with E-state index in [1.165, 1.54) is 7.11 Å². The summed E-state index contributed by atoms with van der Waals surface area (Å²) < 4.78 is 17.6. The normalized spacial score (nSPS) is 13.0. The number of ether oxygens (including phenoxy) is 3. The highest BCUT2D eigenvalue weighted by atomic mass is 28.3. The Morgan fingerprint density at radius 2 is 2.00 bits per heavy atom. The molecule has 1 unspecified atom stereocenters. The Balaban J connectivity index is 2.46. The van der Waals surface area contributed by atoms with E-state index in [1.54, 1.807) is 30.8 Å². The van der Waals surface area contributed by atoms with Gasteiger partial charge in [0.05, 0.1) is 37.0 Å². The second-order valence-corrected chi connectivity index (χ2v) is 13.1. The van der Waals surface area contributed by atoms with Gasteiger partial charge in [-0.3, -0.25) is 0 Å². The van der Waals surface area contributed by atoms with E-state index in [0.29, 0.717) is 34.5 Å². The fourth-order valence-corrected chi connectivity index (χ4v) is 3.48. The van der Waals surface area contributed by atoms with Crippen molar-refractivity contribution in [3.63, 3.8) is 0 Å². The second kappa shape index (κ2) is 8.19. The average molecular weight is 381 g/mol. The van der Waals surface area contributed by atoms with Crippen LogP contribution in [0.2, 0.25) is 25.7 Å². The van der Waals surface area contributed by atoms with Crippen molar-refractivity contribution in [3.8, 4) is 5.75 Å². The number of aliphatic hydroxyl groups excluding tert-OH is 1. The standard InChI is InChI=1S/C18H28N2O5Si/c1-12(21)17-15-14(23-2)8-7-13(18(22)24-3)16(15)19-20(17)11-25-9-10-26(4,5)6/h7-8,12,21H,9-11H2,1-6H3. The summed E-state index contributed by atoms with van der Waals surface area (Å²) in [6.07, 6.45) is -0.803. The summed E-state index contributed by atoms with van der Waals surface area (Å²) >= 11 is 0. The third-order valence-corrected chi connectivity index (χ3v) is 5.83. The van der Waals surface area contributed by atoms with Gasteiger partial charge in [-0.1, -0.05) is 19.6 Å². The van der Waals surface area contributed by atoms with Crippen LogP contribution < -0.4 is 4.74 Å². The minimum Gasteiger partial charge on any atom is -0.496 e. The largest absolute Gasteiger partial charge is 0.496 e. The van der Waals surface area contributed by atoms with Crippen molar-refractivity contribution in [2.24, 2.45) is 0 Å². The Bertz CT molecular complexity index is 780. The molecule has 1 heterocycles.